The number of aryl methyl sites for hydroxylation is 1. The summed E-state index contributed by atoms with van der Waals surface area (Å²) in [6, 6.07) is 14.4. The first-order valence-electron chi connectivity index (χ1n) is 8.95. The molecule has 146 valence electrons. The fourth-order valence-corrected chi connectivity index (χ4v) is 4.41. The number of fused-ring (bicyclic) bond motifs is 3. The van der Waals surface area contributed by atoms with E-state index in [1.165, 1.54) is 0 Å². The molecule has 0 bridgehead atoms. The van der Waals surface area contributed by atoms with Crippen molar-refractivity contribution in [2.45, 2.75) is 25.0 Å². The second-order valence-electron chi connectivity index (χ2n) is 6.38. The molecule has 2 aromatic heterocycles. The number of hydrogen-bond acceptors (Lipinski definition) is 5. The van der Waals surface area contributed by atoms with Gasteiger partial charge in [0.25, 0.3) is 5.16 Å². The Morgan fingerprint density at radius 1 is 1.04 bits per heavy atom. The van der Waals surface area contributed by atoms with Crippen molar-refractivity contribution in [3.63, 3.8) is 0 Å². The zero-order chi connectivity index (χ0) is 19.7. The van der Waals surface area contributed by atoms with Crippen molar-refractivity contribution in [3.05, 3.63) is 53.6 Å². The van der Waals surface area contributed by atoms with Crippen LogP contribution < -0.4 is 4.74 Å². The molecule has 2 heterocycles. The maximum atomic E-state index is 12.9. The Morgan fingerprint density at radius 2 is 1.75 bits per heavy atom. The molecule has 0 N–H and O–H groups in total. The summed E-state index contributed by atoms with van der Waals surface area (Å²) in [4.78, 5) is 0. The average Bonchev–Trinajstić information content (AvgIpc) is 3.24. The lowest BCUT2D eigenvalue weighted by Crippen LogP contribution is -2.16. The van der Waals surface area contributed by atoms with E-state index in [1.54, 1.807) is 28.7 Å². The van der Waals surface area contributed by atoms with Gasteiger partial charge in [0.05, 0.1) is 16.8 Å². The quantitative estimate of drug-likeness (QED) is 0.458. The molecular weight excluding hydrogens is 400 g/mol. The first-order chi connectivity index (χ1) is 13.5. The van der Waals surface area contributed by atoms with Crippen LogP contribution in [0.4, 0.5) is 0 Å². The van der Waals surface area contributed by atoms with Crippen LogP contribution in [0.25, 0.3) is 16.8 Å². The number of hydrogen-bond donors (Lipinski definition) is 0. The van der Waals surface area contributed by atoms with Crippen LogP contribution in [0.3, 0.4) is 0 Å². The summed E-state index contributed by atoms with van der Waals surface area (Å²) in [6.07, 6.45) is 0.901. The van der Waals surface area contributed by atoms with Gasteiger partial charge < -0.3 is 9.30 Å². The molecule has 0 aliphatic heterocycles. The number of ether oxygens (including phenoxy) is 1. The number of imidazole rings is 1. The second kappa shape index (κ2) is 7.44. The lowest BCUT2D eigenvalue weighted by Gasteiger charge is -2.06. The number of sulfone groups is 1. The maximum Gasteiger partial charge on any atom is 0.256 e. The van der Waals surface area contributed by atoms with E-state index in [9.17, 15) is 8.42 Å². The highest BCUT2D eigenvalue weighted by Gasteiger charge is 2.26. The molecule has 0 amide bonds. The third kappa shape index (κ3) is 3.33. The van der Waals surface area contributed by atoms with Gasteiger partial charge in [-0.25, -0.2) is 12.8 Å². The third-order valence-electron chi connectivity index (χ3n) is 4.43. The Labute approximate surface area is 167 Å². The van der Waals surface area contributed by atoms with Crippen molar-refractivity contribution in [1.82, 2.24) is 19.2 Å². The molecule has 9 heteroatoms. The van der Waals surface area contributed by atoms with Gasteiger partial charge >= 0.3 is 0 Å². The monoisotopic (exact) mass is 418 g/mol. The molecule has 0 spiro atoms. The van der Waals surface area contributed by atoms with Gasteiger partial charge in [0.2, 0.25) is 15.6 Å². The number of rotatable bonds is 7. The van der Waals surface area contributed by atoms with Gasteiger partial charge in [-0.1, -0.05) is 30.7 Å². The van der Waals surface area contributed by atoms with E-state index >= 15 is 0 Å². The van der Waals surface area contributed by atoms with Gasteiger partial charge in [-0.15, -0.1) is 10.2 Å². The Bertz CT molecular complexity index is 1230. The van der Waals surface area contributed by atoms with Crippen molar-refractivity contribution in [2.24, 2.45) is 0 Å². The highest BCUT2D eigenvalue weighted by atomic mass is 35.5. The predicted molar refractivity (Wildman–Crippen MR) is 108 cm³/mol. The molecule has 0 aliphatic rings. The van der Waals surface area contributed by atoms with Crippen molar-refractivity contribution >= 4 is 38.2 Å². The van der Waals surface area contributed by atoms with Crippen LogP contribution in [0.5, 0.6) is 5.75 Å². The van der Waals surface area contributed by atoms with Gasteiger partial charge in [0.1, 0.15) is 12.4 Å². The predicted octanol–water partition coefficient (Wildman–Crippen LogP) is 3.60. The van der Waals surface area contributed by atoms with Crippen molar-refractivity contribution in [3.8, 4) is 5.75 Å². The molecule has 28 heavy (non-hydrogen) atoms. The molecule has 0 fully saturated rings. The Hall–Kier alpha value is -2.58. The molecule has 4 rings (SSSR count). The maximum absolute atomic E-state index is 12.9. The van der Waals surface area contributed by atoms with Crippen LogP contribution in [-0.4, -0.2) is 39.9 Å². The van der Waals surface area contributed by atoms with Crippen LogP contribution in [0, 0.1) is 0 Å². The van der Waals surface area contributed by atoms with Crippen LogP contribution >= 0.6 is 11.6 Å². The second-order valence-corrected chi connectivity index (χ2v) is 8.82. The molecule has 0 aliphatic carbocycles. The molecule has 0 radical (unpaired) electrons. The SMILES string of the molecule is CCCn1c2ccccc2n2c(S(=O)(=O)CCOc3ccc(Cl)cc3)nnc12. The highest BCUT2D eigenvalue weighted by molar-refractivity contribution is 7.91. The summed E-state index contributed by atoms with van der Waals surface area (Å²) in [5.74, 6) is 0.884. The van der Waals surface area contributed by atoms with Crippen molar-refractivity contribution in [2.75, 3.05) is 12.4 Å². The topological polar surface area (TPSA) is 78.5 Å². The Morgan fingerprint density at radius 3 is 2.46 bits per heavy atom. The minimum atomic E-state index is -3.69. The lowest BCUT2D eigenvalue weighted by molar-refractivity contribution is 0.340. The van der Waals surface area contributed by atoms with Crippen molar-refractivity contribution in [1.29, 1.82) is 0 Å². The third-order valence-corrected chi connectivity index (χ3v) is 6.21. The van der Waals surface area contributed by atoms with Gasteiger partial charge in [-0.2, -0.15) is 0 Å². The normalized spacial score (nSPS) is 12.1. The summed E-state index contributed by atoms with van der Waals surface area (Å²) in [7, 11) is -3.69. The summed E-state index contributed by atoms with van der Waals surface area (Å²) in [5, 5.41) is 8.68. The van der Waals surface area contributed by atoms with Gasteiger partial charge in [-0.3, -0.25) is 0 Å². The average molecular weight is 419 g/mol. The van der Waals surface area contributed by atoms with E-state index in [4.69, 9.17) is 16.3 Å². The number of aromatic nitrogens is 4. The minimum Gasteiger partial charge on any atom is -0.493 e. The van der Waals surface area contributed by atoms with Crippen molar-refractivity contribution < 1.29 is 13.2 Å². The fraction of sp³-hybridized carbons (Fsp3) is 0.263. The van der Waals surface area contributed by atoms with Crippen LogP contribution in [0.2, 0.25) is 5.02 Å². The Balaban J connectivity index is 1.66. The molecule has 0 saturated heterocycles. The van der Waals surface area contributed by atoms with E-state index in [0.29, 0.717) is 16.5 Å². The van der Waals surface area contributed by atoms with Gasteiger partial charge in [-0.05, 0) is 42.8 Å². The molecule has 2 aromatic carbocycles. The standard InChI is InChI=1S/C19H19ClN4O3S/c1-2-11-23-16-5-3-4-6-17(16)24-18(23)21-22-19(24)28(25,26)13-12-27-15-9-7-14(20)8-10-15/h3-10H,2,11-13H2,1H3. The molecule has 0 atom stereocenters. The van der Waals surface area contributed by atoms with Crippen LogP contribution in [0.1, 0.15) is 13.3 Å². The van der Waals surface area contributed by atoms with Gasteiger partial charge in [0, 0.05) is 11.6 Å². The summed E-state index contributed by atoms with van der Waals surface area (Å²) >= 11 is 5.84. The minimum absolute atomic E-state index is 0.00643. The van der Waals surface area contributed by atoms with Crippen LogP contribution in [0.15, 0.2) is 53.7 Å². The van der Waals surface area contributed by atoms with E-state index in [2.05, 4.69) is 17.1 Å². The largest absolute Gasteiger partial charge is 0.493 e. The number of para-hydroxylation sites is 2. The van der Waals surface area contributed by atoms with E-state index < -0.39 is 9.84 Å². The van der Waals surface area contributed by atoms with E-state index in [-0.39, 0.29) is 17.5 Å². The molecule has 0 unspecified atom stereocenters. The summed E-state index contributed by atoms with van der Waals surface area (Å²) < 4.78 is 35.0. The number of benzene rings is 2. The van der Waals surface area contributed by atoms with E-state index in [0.717, 1.165) is 24.0 Å². The van der Waals surface area contributed by atoms with Gasteiger partial charge in [0.15, 0.2) is 0 Å². The molecule has 0 saturated carbocycles. The molecule has 7 nitrogen and oxygen atoms in total. The molecule has 4 aromatic rings. The lowest BCUT2D eigenvalue weighted by atomic mass is 10.3. The smallest absolute Gasteiger partial charge is 0.256 e. The Kier molecular flexibility index (Phi) is 4.99. The van der Waals surface area contributed by atoms with E-state index in [1.807, 2.05) is 28.8 Å². The zero-order valence-corrected chi connectivity index (χ0v) is 16.8. The fourth-order valence-electron chi connectivity index (χ4n) is 3.17. The highest BCUT2D eigenvalue weighted by Crippen LogP contribution is 2.24. The first kappa shape index (κ1) is 18.8. The zero-order valence-electron chi connectivity index (χ0n) is 15.2. The molecular formula is C19H19ClN4O3S. The number of halogens is 1. The summed E-state index contributed by atoms with van der Waals surface area (Å²) in [6.45, 7) is 2.80. The van der Waals surface area contributed by atoms with Crippen LogP contribution in [-0.2, 0) is 16.4 Å². The number of nitrogens with zero attached hydrogens (tertiary/aromatic N) is 4. The first-order valence-corrected chi connectivity index (χ1v) is 11.0. The summed E-state index contributed by atoms with van der Waals surface area (Å²) in [5.41, 5.74) is 1.70.